The summed E-state index contributed by atoms with van der Waals surface area (Å²) in [6.07, 6.45) is 1.03. The largest absolute Gasteiger partial charge is 0.343 e. The fraction of sp³-hybridized carbons (Fsp3) is 0.259. The van der Waals surface area contributed by atoms with Gasteiger partial charge in [0.15, 0.2) is 0 Å². The number of aryl methyl sites for hydroxylation is 2. The van der Waals surface area contributed by atoms with E-state index in [0.29, 0.717) is 19.4 Å². The van der Waals surface area contributed by atoms with Crippen LogP contribution < -0.4 is 16.0 Å². The molecule has 164 valence electrons. The van der Waals surface area contributed by atoms with Crippen LogP contribution in [0.4, 0.5) is 5.69 Å². The first-order valence-corrected chi connectivity index (χ1v) is 11.0. The summed E-state index contributed by atoms with van der Waals surface area (Å²) in [5.74, 6) is -0.374. The molecular weight excluding hydrogens is 398 g/mol. The van der Waals surface area contributed by atoms with Gasteiger partial charge in [0.25, 0.3) is 0 Å². The zero-order valence-corrected chi connectivity index (χ0v) is 18.5. The monoisotopic (exact) mass is 427 g/mol. The van der Waals surface area contributed by atoms with Gasteiger partial charge in [-0.3, -0.25) is 9.59 Å². The van der Waals surface area contributed by atoms with E-state index in [0.717, 1.165) is 22.4 Å². The summed E-state index contributed by atoms with van der Waals surface area (Å²) in [5.41, 5.74) is 6.27. The van der Waals surface area contributed by atoms with Crippen molar-refractivity contribution in [2.45, 2.75) is 45.3 Å². The lowest BCUT2D eigenvalue weighted by atomic mass is 9.95. The van der Waals surface area contributed by atoms with Gasteiger partial charge in [0.05, 0.1) is 6.04 Å². The maximum Gasteiger partial charge on any atom is 0.247 e. The fourth-order valence-corrected chi connectivity index (χ4v) is 4.14. The molecule has 0 aliphatic carbocycles. The van der Waals surface area contributed by atoms with E-state index in [1.54, 1.807) is 0 Å². The minimum Gasteiger partial charge on any atom is -0.343 e. The van der Waals surface area contributed by atoms with Gasteiger partial charge in [-0.2, -0.15) is 0 Å². The van der Waals surface area contributed by atoms with Crippen molar-refractivity contribution in [2.24, 2.45) is 0 Å². The van der Waals surface area contributed by atoms with Crippen LogP contribution in [0.1, 0.15) is 27.8 Å². The Kier molecular flexibility index (Phi) is 6.66. The standard InChI is InChI=1S/C27H29N3O2/c1-18-12-13-23(19(2)14-18)29-27(32)25(15-20-8-4-3-5-9-20)30-26(31)24-16-21-10-6-7-11-22(21)17-28-24/h3-14,24-25,28H,15-17H2,1-2H3,(H,29,32)(H,30,31)/t24-,25+/m0/s1. The third kappa shape index (κ3) is 5.24. The summed E-state index contributed by atoms with van der Waals surface area (Å²) in [7, 11) is 0. The number of benzene rings is 3. The molecule has 5 nitrogen and oxygen atoms in total. The molecule has 3 aromatic carbocycles. The highest BCUT2D eigenvalue weighted by Crippen LogP contribution is 2.18. The number of hydrogen-bond acceptors (Lipinski definition) is 3. The Morgan fingerprint density at radius 3 is 2.44 bits per heavy atom. The first-order chi connectivity index (χ1) is 15.5. The molecule has 0 fully saturated rings. The summed E-state index contributed by atoms with van der Waals surface area (Å²) >= 11 is 0. The van der Waals surface area contributed by atoms with Crippen molar-refractivity contribution in [2.75, 3.05) is 5.32 Å². The molecule has 0 unspecified atom stereocenters. The number of carbonyl (C=O) groups excluding carboxylic acids is 2. The Bertz CT molecular complexity index is 1110. The molecule has 0 bridgehead atoms. The van der Waals surface area contributed by atoms with Crippen LogP contribution in [0, 0.1) is 13.8 Å². The van der Waals surface area contributed by atoms with E-state index in [1.165, 1.54) is 11.1 Å². The predicted molar refractivity (Wildman–Crippen MR) is 127 cm³/mol. The number of fused-ring (bicyclic) bond motifs is 1. The van der Waals surface area contributed by atoms with Crippen LogP contribution >= 0.6 is 0 Å². The number of hydrogen-bond donors (Lipinski definition) is 3. The molecule has 3 N–H and O–H groups in total. The molecule has 3 aromatic rings. The molecule has 1 aliphatic heterocycles. The van der Waals surface area contributed by atoms with Crippen molar-refractivity contribution in [3.05, 3.63) is 101 Å². The van der Waals surface area contributed by atoms with Gasteiger partial charge in [-0.05, 0) is 48.6 Å². The molecule has 1 aliphatic rings. The summed E-state index contributed by atoms with van der Waals surface area (Å²) in [4.78, 5) is 26.3. The highest BCUT2D eigenvalue weighted by atomic mass is 16.2. The fourth-order valence-electron chi connectivity index (χ4n) is 4.14. The number of nitrogens with one attached hydrogen (secondary N) is 3. The van der Waals surface area contributed by atoms with Gasteiger partial charge >= 0.3 is 0 Å². The van der Waals surface area contributed by atoms with E-state index < -0.39 is 6.04 Å². The van der Waals surface area contributed by atoms with E-state index in [2.05, 4.69) is 28.1 Å². The SMILES string of the molecule is Cc1ccc(NC(=O)[C@@H](Cc2ccccc2)NC(=O)[C@@H]2Cc3ccccc3CN2)c(C)c1. The van der Waals surface area contributed by atoms with Crippen LogP contribution in [0.25, 0.3) is 0 Å². The van der Waals surface area contributed by atoms with Crippen LogP contribution in [0.15, 0.2) is 72.8 Å². The zero-order valence-electron chi connectivity index (χ0n) is 18.5. The molecule has 2 atom stereocenters. The molecule has 2 amide bonds. The van der Waals surface area contributed by atoms with Gasteiger partial charge in [-0.25, -0.2) is 0 Å². The van der Waals surface area contributed by atoms with Crippen LogP contribution in [0.3, 0.4) is 0 Å². The zero-order chi connectivity index (χ0) is 22.5. The van der Waals surface area contributed by atoms with E-state index >= 15 is 0 Å². The Balaban J connectivity index is 1.50. The first-order valence-electron chi connectivity index (χ1n) is 11.0. The molecule has 0 saturated carbocycles. The van der Waals surface area contributed by atoms with Gasteiger partial charge < -0.3 is 16.0 Å². The lowest BCUT2D eigenvalue weighted by molar-refractivity contribution is -0.128. The minimum atomic E-state index is -0.676. The second-order valence-electron chi connectivity index (χ2n) is 8.46. The van der Waals surface area contributed by atoms with E-state index in [-0.39, 0.29) is 17.9 Å². The number of anilines is 1. The highest BCUT2D eigenvalue weighted by molar-refractivity contribution is 5.98. The predicted octanol–water partition coefficient (Wildman–Crippen LogP) is 3.68. The quantitative estimate of drug-likeness (QED) is 0.562. The van der Waals surface area contributed by atoms with Crippen LogP contribution in [-0.4, -0.2) is 23.9 Å². The molecule has 32 heavy (non-hydrogen) atoms. The third-order valence-electron chi connectivity index (χ3n) is 5.95. The van der Waals surface area contributed by atoms with E-state index in [9.17, 15) is 9.59 Å². The highest BCUT2D eigenvalue weighted by Gasteiger charge is 2.28. The van der Waals surface area contributed by atoms with E-state index in [1.807, 2.05) is 74.5 Å². The molecule has 0 aromatic heterocycles. The van der Waals surface area contributed by atoms with Crippen LogP contribution in [0.2, 0.25) is 0 Å². The topological polar surface area (TPSA) is 70.2 Å². The third-order valence-corrected chi connectivity index (χ3v) is 5.95. The molecule has 4 rings (SSSR count). The van der Waals surface area contributed by atoms with Crippen LogP contribution in [0.5, 0.6) is 0 Å². The average molecular weight is 428 g/mol. The van der Waals surface area contributed by atoms with Crippen molar-refractivity contribution < 1.29 is 9.59 Å². The van der Waals surface area contributed by atoms with Gasteiger partial charge in [0, 0.05) is 18.7 Å². The second kappa shape index (κ2) is 9.79. The lowest BCUT2D eigenvalue weighted by Gasteiger charge is -2.27. The Morgan fingerprint density at radius 1 is 0.969 bits per heavy atom. The Hall–Kier alpha value is -3.44. The van der Waals surface area contributed by atoms with Gasteiger partial charge in [0.1, 0.15) is 6.04 Å². The molecule has 0 spiro atoms. The maximum atomic E-state index is 13.2. The van der Waals surface area contributed by atoms with Crippen molar-refractivity contribution in [1.82, 2.24) is 10.6 Å². The molecule has 0 radical (unpaired) electrons. The summed E-state index contributed by atoms with van der Waals surface area (Å²) in [6.45, 7) is 4.63. The van der Waals surface area contributed by atoms with Gasteiger partial charge in [-0.1, -0.05) is 72.3 Å². The minimum absolute atomic E-state index is 0.156. The number of rotatable bonds is 6. The smallest absolute Gasteiger partial charge is 0.247 e. The summed E-state index contributed by atoms with van der Waals surface area (Å²) < 4.78 is 0. The van der Waals surface area contributed by atoms with Crippen molar-refractivity contribution in [3.63, 3.8) is 0 Å². The van der Waals surface area contributed by atoms with Crippen LogP contribution in [-0.2, 0) is 29.0 Å². The second-order valence-corrected chi connectivity index (χ2v) is 8.46. The van der Waals surface area contributed by atoms with Crippen molar-refractivity contribution in [1.29, 1.82) is 0 Å². The average Bonchev–Trinajstić information content (AvgIpc) is 2.80. The van der Waals surface area contributed by atoms with Gasteiger partial charge in [-0.15, -0.1) is 0 Å². The molecular formula is C27H29N3O2. The molecule has 1 heterocycles. The normalized spacial score (nSPS) is 16.0. The van der Waals surface area contributed by atoms with Crippen molar-refractivity contribution in [3.8, 4) is 0 Å². The first kappa shape index (κ1) is 21.8. The molecule has 0 saturated heterocycles. The van der Waals surface area contributed by atoms with Gasteiger partial charge in [0.2, 0.25) is 11.8 Å². The maximum absolute atomic E-state index is 13.2. The van der Waals surface area contributed by atoms with E-state index in [4.69, 9.17) is 0 Å². The Morgan fingerprint density at radius 2 is 1.69 bits per heavy atom. The Labute approximate surface area is 189 Å². The van der Waals surface area contributed by atoms with Crippen molar-refractivity contribution >= 4 is 17.5 Å². The molecule has 5 heteroatoms. The number of amides is 2. The number of carbonyl (C=O) groups is 2. The summed E-state index contributed by atoms with van der Waals surface area (Å²) in [5, 5.41) is 9.32. The summed E-state index contributed by atoms with van der Waals surface area (Å²) in [6, 6.07) is 22.8. The lowest BCUT2D eigenvalue weighted by Crippen LogP contribution is -2.53.